The molecule has 3 N–H and O–H groups in total. The summed E-state index contributed by atoms with van der Waals surface area (Å²) in [5, 5.41) is 27.5. The molecular formula is C15H10ClN3O3. The Morgan fingerprint density at radius 1 is 1.09 bits per heavy atom. The van der Waals surface area contributed by atoms with Crippen molar-refractivity contribution in [3.63, 3.8) is 0 Å². The van der Waals surface area contributed by atoms with E-state index in [1.54, 1.807) is 18.2 Å². The molecule has 0 saturated carbocycles. The van der Waals surface area contributed by atoms with Gasteiger partial charge in [-0.25, -0.2) is 0 Å². The Balaban J connectivity index is 1.95. The SMILES string of the molecule is O=C(N=Nc1c(O)[nH]c2ccc(Cl)cc12)c1ccc(O)cc1. The summed E-state index contributed by atoms with van der Waals surface area (Å²) in [6.45, 7) is 0. The topological polar surface area (TPSA) is 98.0 Å². The first kappa shape index (κ1) is 14.1. The van der Waals surface area contributed by atoms with Crippen molar-refractivity contribution in [2.45, 2.75) is 0 Å². The minimum Gasteiger partial charge on any atom is -0.508 e. The minimum atomic E-state index is -0.587. The Morgan fingerprint density at radius 2 is 1.82 bits per heavy atom. The van der Waals surface area contributed by atoms with Crippen molar-refractivity contribution < 1.29 is 15.0 Å². The van der Waals surface area contributed by atoms with E-state index < -0.39 is 5.91 Å². The Morgan fingerprint density at radius 3 is 2.55 bits per heavy atom. The van der Waals surface area contributed by atoms with Gasteiger partial charge in [0.15, 0.2) is 5.69 Å². The monoisotopic (exact) mass is 315 g/mol. The molecule has 0 fully saturated rings. The van der Waals surface area contributed by atoms with E-state index in [4.69, 9.17) is 11.6 Å². The number of fused-ring (bicyclic) bond motifs is 1. The molecule has 0 aliphatic carbocycles. The number of rotatable bonds is 2. The second-order valence-electron chi connectivity index (χ2n) is 4.56. The van der Waals surface area contributed by atoms with Crippen molar-refractivity contribution in [1.29, 1.82) is 0 Å². The average molecular weight is 316 g/mol. The number of aromatic nitrogens is 1. The van der Waals surface area contributed by atoms with Gasteiger partial charge in [-0.2, -0.15) is 0 Å². The van der Waals surface area contributed by atoms with Crippen molar-refractivity contribution in [3.05, 3.63) is 53.1 Å². The molecule has 3 aromatic rings. The largest absolute Gasteiger partial charge is 0.508 e. The third-order valence-corrected chi connectivity index (χ3v) is 3.30. The lowest BCUT2D eigenvalue weighted by Crippen LogP contribution is -1.92. The van der Waals surface area contributed by atoms with E-state index in [0.29, 0.717) is 15.9 Å². The van der Waals surface area contributed by atoms with Gasteiger partial charge in [-0.15, -0.1) is 10.2 Å². The first-order valence-electron chi connectivity index (χ1n) is 6.30. The number of nitrogens with zero attached hydrogens (tertiary/aromatic N) is 2. The number of nitrogens with one attached hydrogen (secondary N) is 1. The summed E-state index contributed by atoms with van der Waals surface area (Å²) in [4.78, 5) is 14.6. The molecule has 1 aromatic heterocycles. The highest BCUT2D eigenvalue weighted by Gasteiger charge is 2.12. The molecule has 1 heterocycles. The number of benzene rings is 2. The summed E-state index contributed by atoms with van der Waals surface area (Å²) in [6.07, 6.45) is 0. The molecule has 110 valence electrons. The number of halogens is 1. The quantitative estimate of drug-likeness (QED) is 0.619. The molecule has 0 spiro atoms. The van der Waals surface area contributed by atoms with Gasteiger partial charge in [0.1, 0.15) is 5.75 Å². The summed E-state index contributed by atoms with van der Waals surface area (Å²) in [5.41, 5.74) is 1.05. The van der Waals surface area contributed by atoms with Gasteiger partial charge < -0.3 is 15.2 Å². The maximum absolute atomic E-state index is 11.9. The van der Waals surface area contributed by atoms with Gasteiger partial charge in [0, 0.05) is 16.0 Å². The number of azo groups is 1. The van der Waals surface area contributed by atoms with Crippen LogP contribution >= 0.6 is 11.6 Å². The second-order valence-corrected chi connectivity index (χ2v) is 5.00. The van der Waals surface area contributed by atoms with Crippen LogP contribution in [0.1, 0.15) is 10.4 Å². The molecule has 0 aliphatic heterocycles. The summed E-state index contributed by atoms with van der Waals surface area (Å²) in [5.74, 6) is -0.729. The summed E-state index contributed by atoms with van der Waals surface area (Å²) in [7, 11) is 0. The van der Waals surface area contributed by atoms with Crippen LogP contribution in [0.2, 0.25) is 5.02 Å². The normalized spacial score (nSPS) is 11.3. The van der Waals surface area contributed by atoms with E-state index in [1.165, 1.54) is 24.3 Å². The van der Waals surface area contributed by atoms with Crippen LogP contribution in [0.3, 0.4) is 0 Å². The van der Waals surface area contributed by atoms with E-state index in [9.17, 15) is 15.0 Å². The van der Waals surface area contributed by atoms with Gasteiger partial charge in [-0.05, 0) is 42.5 Å². The Labute approximate surface area is 129 Å². The van der Waals surface area contributed by atoms with E-state index >= 15 is 0 Å². The highest BCUT2D eigenvalue weighted by molar-refractivity contribution is 6.31. The number of carbonyl (C=O) groups excluding carboxylic acids is 1. The number of aromatic amines is 1. The molecule has 7 heteroatoms. The molecular weight excluding hydrogens is 306 g/mol. The fourth-order valence-corrected chi connectivity index (χ4v) is 2.17. The van der Waals surface area contributed by atoms with Crippen LogP contribution in [-0.4, -0.2) is 21.1 Å². The number of aromatic hydroxyl groups is 2. The summed E-state index contributed by atoms with van der Waals surface area (Å²) < 4.78 is 0. The molecule has 0 unspecified atom stereocenters. The zero-order valence-electron chi connectivity index (χ0n) is 11.1. The van der Waals surface area contributed by atoms with E-state index in [0.717, 1.165) is 0 Å². The molecule has 6 nitrogen and oxygen atoms in total. The lowest BCUT2D eigenvalue weighted by Gasteiger charge is -1.95. The minimum absolute atomic E-state index is 0.0532. The van der Waals surface area contributed by atoms with Crippen LogP contribution < -0.4 is 0 Å². The number of phenolic OH excluding ortho intramolecular Hbond substituents is 1. The second kappa shape index (κ2) is 5.50. The molecule has 0 bridgehead atoms. The van der Waals surface area contributed by atoms with Crippen molar-refractivity contribution >= 4 is 34.1 Å². The Kier molecular flexibility index (Phi) is 3.52. The van der Waals surface area contributed by atoms with E-state index in [2.05, 4.69) is 15.2 Å². The van der Waals surface area contributed by atoms with Crippen LogP contribution in [0.25, 0.3) is 10.9 Å². The van der Waals surface area contributed by atoms with Gasteiger partial charge in [0.2, 0.25) is 5.88 Å². The highest BCUT2D eigenvalue weighted by atomic mass is 35.5. The number of phenols is 1. The number of hydrogen-bond donors (Lipinski definition) is 3. The lowest BCUT2D eigenvalue weighted by atomic mass is 10.2. The average Bonchev–Trinajstić information content (AvgIpc) is 2.80. The third kappa shape index (κ3) is 2.64. The number of H-pyrrole nitrogens is 1. The van der Waals surface area contributed by atoms with Crippen molar-refractivity contribution in [2.75, 3.05) is 0 Å². The van der Waals surface area contributed by atoms with Crippen LogP contribution in [0.4, 0.5) is 5.69 Å². The predicted octanol–water partition coefficient (Wildman–Crippen LogP) is 4.16. The molecule has 3 rings (SSSR count). The van der Waals surface area contributed by atoms with Crippen LogP contribution in [0, 0.1) is 0 Å². The van der Waals surface area contributed by atoms with Gasteiger partial charge >= 0.3 is 0 Å². The highest BCUT2D eigenvalue weighted by Crippen LogP contribution is 2.36. The molecule has 0 radical (unpaired) electrons. The number of carbonyl (C=O) groups is 1. The maximum Gasteiger partial charge on any atom is 0.295 e. The van der Waals surface area contributed by atoms with Gasteiger partial charge in [0.25, 0.3) is 5.91 Å². The van der Waals surface area contributed by atoms with Crippen LogP contribution in [0.15, 0.2) is 52.7 Å². The molecule has 1 amide bonds. The molecule has 0 aliphatic rings. The van der Waals surface area contributed by atoms with Gasteiger partial charge in [-0.1, -0.05) is 11.6 Å². The number of amides is 1. The van der Waals surface area contributed by atoms with E-state index in [-0.39, 0.29) is 22.9 Å². The van der Waals surface area contributed by atoms with E-state index in [1.807, 2.05) is 0 Å². The molecule has 0 saturated heterocycles. The zero-order valence-corrected chi connectivity index (χ0v) is 11.9. The Bertz CT molecular complexity index is 885. The van der Waals surface area contributed by atoms with Crippen molar-refractivity contribution in [1.82, 2.24) is 4.98 Å². The van der Waals surface area contributed by atoms with Crippen molar-refractivity contribution in [2.24, 2.45) is 10.2 Å². The fourth-order valence-electron chi connectivity index (χ4n) is 1.99. The predicted molar refractivity (Wildman–Crippen MR) is 81.9 cm³/mol. The smallest absolute Gasteiger partial charge is 0.295 e. The number of hydrogen-bond acceptors (Lipinski definition) is 4. The molecule has 0 atom stereocenters. The van der Waals surface area contributed by atoms with Crippen LogP contribution in [0.5, 0.6) is 11.6 Å². The standard InChI is InChI=1S/C15H10ClN3O3/c16-9-3-6-12-11(7-9)13(15(22)17-12)18-19-14(21)8-1-4-10(20)5-2-8/h1-7,17,20,22H. The molecule has 22 heavy (non-hydrogen) atoms. The third-order valence-electron chi connectivity index (χ3n) is 3.07. The van der Waals surface area contributed by atoms with Crippen molar-refractivity contribution in [3.8, 4) is 11.6 Å². The van der Waals surface area contributed by atoms with Gasteiger partial charge in [0.05, 0.1) is 5.52 Å². The Hall–Kier alpha value is -2.86. The summed E-state index contributed by atoms with van der Waals surface area (Å²) in [6, 6.07) is 10.6. The lowest BCUT2D eigenvalue weighted by molar-refractivity contribution is 0.0995. The van der Waals surface area contributed by atoms with Crippen LogP contribution in [-0.2, 0) is 0 Å². The zero-order chi connectivity index (χ0) is 15.7. The first-order valence-corrected chi connectivity index (χ1v) is 6.67. The molecule has 2 aromatic carbocycles. The fraction of sp³-hybridized carbons (Fsp3) is 0. The first-order chi connectivity index (χ1) is 10.5. The maximum atomic E-state index is 11.9. The van der Waals surface area contributed by atoms with Gasteiger partial charge in [-0.3, -0.25) is 4.79 Å². The summed E-state index contributed by atoms with van der Waals surface area (Å²) >= 11 is 5.91.